The van der Waals surface area contributed by atoms with Crippen LogP contribution in [0.15, 0.2) is 116 Å². The number of aromatic hydroxyl groups is 1. The Morgan fingerprint density at radius 1 is 0.559 bits per heavy atom. The lowest BCUT2D eigenvalue weighted by Crippen LogP contribution is -2.61. The summed E-state index contributed by atoms with van der Waals surface area (Å²) >= 11 is 6.24. The lowest BCUT2D eigenvalue weighted by molar-refractivity contribution is -0.192. The summed E-state index contributed by atoms with van der Waals surface area (Å²) in [5.41, 5.74) is 12.8. The number of nitrogens with two attached hydrogens (primary N) is 2. The largest absolute Gasteiger partial charge is 0.508 e. The number of carboxylic acid groups (broad SMARTS) is 1. The SMILES string of the molecule is CC(=O)N[C@H](Cc1ccc2ccccc2c1)C(=O)N[C@@H](Cc1ccc(Cl)cc1)C(=O)N[C@H](Cc1cccnc1)C(=O)N[C@@H](CO)C(=O)N[C@@H](Cc1ccc(O)cc1)C(=O)N[C@H](CCCCNC(N)=O)C(=O)N[C@@H](CC(C)C)C(=O)N[C@@H](CCCCNC(C)C)C(=O)N1CCC[C@H]1C(=O)N[C@H](C)C(N)=O.O=C(O)C(F)(F)F. The number of phenolic OH excluding ortho intramolecular Hbond substituents is 1. The van der Waals surface area contributed by atoms with Crippen LogP contribution in [0.2, 0.25) is 5.02 Å². The Hall–Kier alpha value is -11.0. The highest BCUT2D eigenvalue weighted by atomic mass is 35.5. The molecule has 1 aliphatic rings. The van der Waals surface area contributed by atoms with Crippen LogP contribution in [-0.2, 0) is 83.2 Å². The van der Waals surface area contributed by atoms with Gasteiger partial charge in [0.25, 0.3) is 0 Å². The van der Waals surface area contributed by atoms with Crippen molar-refractivity contribution < 1.29 is 90.8 Å². The Morgan fingerprint density at radius 3 is 1.55 bits per heavy atom. The monoisotopic (exact) mass is 1570 g/mol. The number of primary amides is 2. The molecule has 604 valence electrons. The summed E-state index contributed by atoms with van der Waals surface area (Å²) in [6, 6.07) is 14.4. The molecule has 1 aliphatic heterocycles. The first-order valence-electron chi connectivity index (χ1n) is 36.4. The summed E-state index contributed by atoms with van der Waals surface area (Å²) in [7, 11) is 0. The zero-order valence-corrected chi connectivity index (χ0v) is 63.4. The number of nitrogens with zero attached hydrogens (tertiary/aromatic N) is 2. The number of halogens is 4. The predicted molar refractivity (Wildman–Crippen MR) is 404 cm³/mol. The first kappa shape index (κ1) is 90.6. The lowest BCUT2D eigenvalue weighted by Gasteiger charge is -2.31. The first-order chi connectivity index (χ1) is 52.5. The highest BCUT2D eigenvalue weighted by Crippen LogP contribution is 2.23. The molecular weight excluding hydrogens is 1470 g/mol. The zero-order chi connectivity index (χ0) is 82.1. The average Bonchev–Trinajstić information content (AvgIpc) is 1.82. The second kappa shape index (κ2) is 45.2. The van der Waals surface area contributed by atoms with Gasteiger partial charge in [0.2, 0.25) is 65.0 Å². The molecule has 1 saturated heterocycles. The maximum absolute atomic E-state index is 15.0. The van der Waals surface area contributed by atoms with E-state index in [0.717, 1.165) is 10.8 Å². The zero-order valence-electron chi connectivity index (χ0n) is 62.6. The number of alkyl halides is 3. The van der Waals surface area contributed by atoms with Crippen molar-refractivity contribution in [3.8, 4) is 5.75 Å². The van der Waals surface area contributed by atoms with Crippen LogP contribution in [-0.4, -0.2) is 201 Å². The van der Waals surface area contributed by atoms with Gasteiger partial charge in [0.15, 0.2) is 0 Å². The molecule has 0 saturated carbocycles. The van der Waals surface area contributed by atoms with Gasteiger partial charge in [-0.25, -0.2) is 9.59 Å². The van der Waals surface area contributed by atoms with Gasteiger partial charge < -0.3 is 90.2 Å². The fourth-order valence-corrected chi connectivity index (χ4v) is 12.1. The third-order valence-corrected chi connectivity index (χ3v) is 18.0. The van der Waals surface area contributed by atoms with Crippen LogP contribution in [0.4, 0.5) is 18.0 Å². The molecule has 35 heteroatoms. The number of carboxylic acids is 1. The summed E-state index contributed by atoms with van der Waals surface area (Å²) in [5, 5.41) is 60.6. The fourth-order valence-electron chi connectivity index (χ4n) is 11.9. The number of unbranched alkanes of at least 4 members (excludes halogenated alkanes) is 2. The molecule has 31 nitrogen and oxygen atoms in total. The number of phenols is 1. The van der Waals surface area contributed by atoms with Gasteiger partial charge in [0.05, 0.1) is 6.61 Å². The molecule has 1 fully saturated rings. The second-order valence-electron chi connectivity index (χ2n) is 27.7. The van der Waals surface area contributed by atoms with E-state index < -0.39 is 150 Å². The second-order valence-corrected chi connectivity index (χ2v) is 28.1. The molecule has 13 amide bonds. The van der Waals surface area contributed by atoms with Crippen LogP contribution in [0.5, 0.6) is 5.75 Å². The molecule has 0 unspecified atom stereocenters. The topological polar surface area (TPSA) is 483 Å². The number of rotatable bonds is 41. The van der Waals surface area contributed by atoms with Crippen LogP contribution in [0.25, 0.3) is 10.8 Å². The minimum absolute atomic E-state index is 0.0327. The van der Waals surface area contributed by atoms with Crippen LogP contribution < -0.4 is 70.0 Å². The van der Waals surface area contributed by atoms with Crippen LogP contribution in [0, 0.1) is 5.92 Å². The molecule has 5 aromatic rings. The van der Waals surface area contributed by atoms with Gasteiger partial charge in [-0.2, -0.15) is 13.2 Å². The Labute approximate surface area is 645 Å². The lowest BCUT2D eigenvalue weighted by atomic mass is 9.99. The van der Waals surface area contributed by atoms with Crippen molar-refractivity contribution in [3.63, 3.8) is 0 Å². The summed E-state index contributed by atoms with van der Waals surface area (Å²) in [6.07, 6.45) is -0.493. The maximum Gasteiger partial charge on any atom is 0.490 e. The molecule has 4 aromatic carbocycles. The number of aromatic nitrogens is 1. The number of carbonyl (C=O) groups excluding carboxylic acids is 12. The van der Waals surface area contributed by atoms with E-state index in [4.69, 9.17) is 33.0 Å². The summed E-state index contributed by atoms with van der Waals surface area (Å²) in [6.45, 7) is 10.1. The van der Waals surface area contributed by atoms with Crippen molar-refractivity contribution in [2.24, 2.45) is 17.4 Å². The molecular formula is C76H101ClF3N15O16. The number of hydrogen-bond donors (Lipinski definition) is 16. The smallest absolute Gasteiger partial charge is 0.490 e. The molecule has 0 bridgehead atoms. The summed E-state index contributed by atoms with van der Waals surface area (Å²) in [4.78, 5) is 182. The van der Waals surface area contributed by atoms with Gasteiger partial charge in [-0.15, -0.1) is 0 Å². The number of nitrogens with one attached hydrogen (secondary N) is 11. The minimum Gasteiger partial charge on any atom is -0.508 e. The number of aliphatic carboxylic acids is 1. The van der Waals surface area contributed by atoms with E-state index in [1.807, 2.05) is 56.3 Å². The summed E-state index contributed by atoms with van der Waals surface area (Å²) < 4.78 is 31.7. The van der Waals surface area contributed by atoms with E-state index in [1.165, 1.54) is 55.4 Å². The Kier molecular flexibility index (Phi) is 36.9. The third kappa shape index (κ3) is 31.9. The number of fused-ring (bicyclic) bond motifs is 1. The molecule has 2 heterocycles. The van der Waals surface area contributed by atoms with Gasteiger partial charge in [-0.05, 0) is 141 Å². The van der Waals surface area contributed by atoms with Crippen LogP contribution >= 0.6 is 11.6 Å². The minimum atomic E-state index is -5.08. The van der Waals surface area contributed by atoms with E-state index in [1.54, 1.807) is 50.2 Å². The number of urea groups is 1. The molecule has 0 radical (unpaired) electrons. The van der Waals surface area contributed by atoms with Gasteiger partial charge >= 0.3 is 18.2 Å². The van der Waals surface area contributed by atoms with Crippen LogP contribution in [0.1, 0.15) is 122 Å². The van der Waals surface area contributed by atoms with Gasteiger partial charge in [-0.1, -0.05) is 112 Å². The van der Waals surface area contributed by atoms with E-state index in [9.17, 15) is 80.9 Å². The molecule has 6 rings (SSSR count). The van der Waals surface area contributed by atoms with Crippen LogP contribution in [0.3, 0.4) is 0 Å². The number of pyridine rings is 1. The van der Waals surface area contributed by atoms with Crippen molar-refractivity contribution in [2.45, 2.75) is 198 Å². The number of hydrogen-bond acceptors (Lipinski definition) is 17. The Balaban J connectivity index is 0.00000300. The molecule has 0 aliphatic carbocycles. The van der Waals surface area contributed by atoms with Crippen molar-refractivity contribution >= 4 is 99.4 Å². The van der Waals surface area contributed by atoms with Crippen molar-refractivity contribution in [1.29, 1.82) is 0 Å². The number of amides is 13. The molecule has 111 heavy (non-hydrogen) atoms. The summed E-state index contributed by atoms with van der Waals surface area (Å²) in [5.74, 6) is -11.8. The number of benzene rings is 4. The molecule has 0 spiro atoms. The molecule has 1 aromatic heterocycles. The van der Waals surface area contributed by atoms with E-state index in [2.05, 4.69) is 63.5 Å². The molecule has 10 atom stereocenters. The number of likely N-dealkylation sites (tertiary alicyclic amines) is 1. The third-order valence-electron chi connectivity index (χ3n) is 17.7. The van der Waals surface area contributed by atoms with Crippen molar-refractivity contribution in [1.82, 2.24) is 68.4 Å². The standard InChI is InChI=1S/C74H100ClN15O14.C2HF3O2/c1-43(2)35-57(66(96)84-56(19-10-11-32-79-44(3)4)73(103)90-34-14-20-63(90)72(102)81-45(5)64(76)94)85-65(95)55(18-9-12-33-80-74(77)104)83-68(98)59(38-48-24-29-54(93)30-25-48)88-71(101)62(42-91)89-70(100)61(40-50-15-13-31-78-41-50)87-69(99)60(37-47-22-27-53(75)28-23-47)86-67(97)58(82-46(6)92)39-49-21-26-51-16-7-8-17-52(51)36-49;3-2(4,5)1(6)7/h7-8,13,15-17,21-31,36,41,43-45,55-63,79,91,93H,9-12,14,18-20,32-35,37-40,42H2,1-6H3,(H2,76,94)(H,81,102)(H,82,92)(H,83,98)(H,84,96)(H,85,95)(H,86,97)(H,87,99)(H,88,101)(H,89,100)(H3,77,80,104);(H,6,7)/t45-,55-,56+,57+,58-,59+,60+,61-,62+,63+;/m1./s1. The number of aliphatic hydroxyl groups excluding tert-OH is 1. The van der Waals surface area contributed by atoms with E-state index >= 15 is 0 Å². The van der Waals surface area contributed by atoms with E-state index in [0.29, 0.717) is 53.1 Å². The van der Waals surface area contributed by atoms with Gasteiger partial charge in [-0.3, -0.25) is 57.7 Å². The van der Waals surface area contributed by atoms with Gasteiger partial charge in [0, 0.05) is 69.2 Å². The normalized spacial score (nSPS) is 15.0. The number of aliphatic hydroxyl groups is 1. The quantitative estimate of drug-likeness (QED) is 0.0250. The highest BCUT2D eigenvalue weighted by molar-refractivity contribution is 6.30. The Bertz CT molecular complexity index is 3980. The maximum atomic E-state index is 15.0. The fraction of sp³-hybridized carbons (Fsp3) is 0.474. The number of carbonyl (C=O) groups is 13. The van der Waals surface area contributed by atoms with Gasteiger partial charge in [0.1, 0.15) is 66.2 Å². The highest BCUT2D eigenvalue weighted by Gasteiger charge is 2.41. The van der Waals surface area contributed by atoms with Crippen molar-refractivity contribution in [3.05, 3.63) is 143 Å². The average molecular weight is 1570 g/mol. The van der Waals surface area contributed by atoms with E-state index in [-0.39, 0.29) is 95.0 Å². The Morgan fingerprint density at radius 2 is 1.03 bits per heavy atom. The van der Waals surface area contributed by atoms with Crippen molar-refractivity contribution in [2.75, 3.05) is 26.2 Å². The predicted octanol–water partition coefficient (Wildman–Crippen LogP) is 2.42. The first-order valence-corrected chi connectivity index (χ1v) is 36.8. The molecule has 18 N–H and O–H groups in total.